The first-order valence-corrected chi connectivity index (χ1v) is 10.2. The maximum atomic E-state index is 13.1. The van der Waals surface area contributed by atoms with Gasteiger partial charge in [0.15, 0.2) is 0 Å². The molecule has 0 saturated heterocycles. The van der Waals surface area contributed by atoms with Crippen molar-refractivity contribution < 1.29 is 30.8 Å². The maximum absolute atomic E-state index is 13.1. The van der Waals surface area contributed by atoms with Crippen molar-refractivity contribution in [2.24, 2.45) is 5.92 Å². The number of rotatable bonds is 6. The van der Waals surface area contributed by atoms with Crippen LogP contribution < -0.4 is 10.0 Å². The van der Waals surface area contributed by atoms with Gasteiger partial charge in [0, 0.05) is 12.6 Å². The summed E-state index contributed by atoms with van der Waals surface area (Å²) in [6, 6.07) is 1.87. The molecule has 1 saturated carbocycles. The van der Waals surface area contributed by atoms with E-state index in [1.807, 2.05) is 0 Å². The molecule has 0 heterocycles. The van der Waals surface area contributed by atoms with Gasteiger partial charge in [-0.15, -0.1) is 0 Å². The van der Waals surface area contributed by atoms with Crippen molar-refractivity contribution in [1.82, 2.24) is 10.0 Å². The van der Waals surface area contributed by atoms with Gasteiger partial charge in [-0.05, 0) is 49.3 Å². The fraction of sp³-hybridized carbons (Fsp3) is 0.588. The van der Waals surface area contributed by atoms with E-state index in [0.29, 0.717) is 24.8 Å². The number of benzene rings is 1. The van der Waals surface area contributed by atoms with Crippen molar-refractivity contribution in [3.05, 3.63) is 35.1 Å². The van der Waals surface area contributed by atoms with Gasteiger partial charge in [0.25, 0.3) is 0 Å². The summed E-state index contributed by atoms with van der Waals surface area (Å²) in [4.78, 5) is 11.9. The SMILES string of the molecule is CC1CCC(NS(=O)(=O)CC(=O)NCc2ccc(F)cc2C(F)(F)F)CC1. The highest BCUT2D eigenvalue weighted by molar-refractivity contribution is 7.90. The standard InChI is InChI=1S/C17H22F4N2O3S/c1-11-2-6-14(7-3-11)23-27(25,26)10-16(24)22-9-12-4-5-13(18)8-15(12)17(19,20)21/h4-5,8,11,14,23H,2-3,6-7,9-10H2,1H3,(H,22,24). The van der Waals surface area contributed by atoms with Crippen molar-refractivity contribution in [2.75, 3.05) is 5.75 Å². The summed E-state index contributed by atoms with van der Waals surface area (Å²) in [6.45, 7) is 1.53. The second-order valence-corrected chi connectivity index (χ2v) is 8.66. The molecule has 10 heteroatoms. The van der Waals surface area contributed by atoms with Crippen molar-refractivity contribution in [3.63, 3.8) is 0 Å². The van der Waals surface area contributed by atoms with Crippen molar-refractivity contribution in [2.45, 2.75) is 51.4 Å². The highest BCUT2D eigenvalue weighted by Crippen LogP contribution is 2.32. The van der Waals surface area contributed by atoms with E-state index in [0.717, 1.165) is 25.0 Å². The summed E-state index contributed by atoms with van der Waals surface area (Å²) in [5.74, 6) is -2.32. The van der Waals surface area contributed by atoms with Crippen molar-refractivity contribution in [1.29, 1.82) is 0 Å². The van der Waals surface area contributed by atoms with Crippen LogP contribution in [0.25, 0.3) is 0 Å². The normalized spacial score (nSPS) is 21.1. The van der Waals surface area contributed by atoms with E-state index in [9.17, 15) is 30.8 Å². The Hall–Kier alpha value is -1.68. The average molecular weight is 410 g/mol. The summed E-state index contributed by atoms with van der Waals surface area (Å²) >= 11 is 0. The van der Waals surface area contributed by atoms with Crippen LogP contribution in [-0.4, -0.2) is 26.1 Å². The number of nitrogens with one attached hydrogen (secondary N) is 2. The molecular weight excluding hydrogens is 388 g/mol. The number of carbonyl (C=O) groups excluding carboxylic acids is 1. The first-order chi connectivity index (χ1) is 12.5. The third-order valence-electron chi connectivity index (χ3n) is 4.54. The predicted octanol–water partition coefficient (Wildman–Crippen LogP) is 2.96. The zero-order valence-corrected chi connectivity index (χ0v) is 15.6. The summed E-state index contributed by atoms with van der Waals surface area (Å²) in [6.07, 6.45) is -1.62. The molecule has 1 aromatic rings. The molecule has 0 spiro atoms. The molecule has 1 aliphatic carbocycles. The molecule has 0 aliphatic heterocycles. The molecule has 1 aliphatic rings. The number of carbonyl (C=O) groups is 1. The Kier molecular flexibility index (Phi) is 6.85. The molecule has 0 radical (unpaired) electrons. The number of alkyl halides is 3. The zero-order chi connectivity index (χ0) is 20.2. The number of hydrogen-bond donors (Lipinski definition) is 2. The molecular formula is C17H22F4N2O3S. The average Bonchev–Trinajstić information content (AvgIpc) is 2.54. The van der Waals surface area contributed by atoms with Crippen LogP contribution in [0.4, 0.5) is 17.6 Å². The van der Waals surface area contributed by atoms with E-state index in [-0.39, 0.29) is 11.6 Å². The van der Waals surface area contributed by atoms with E-state index >= 15 is 0 Å². The first kappa shape index (κ1) is 21.6. The predicted molar refractivity (Wildman–Crippen MR) is 91.6 cm³/mol. The molecule has 0 aromatic heterocycles. The fourth-order valence-corrected chi connectivity index (χ4v) is 4.33. The Morgan fingerprint density at radius 1 is 1.19 bits per heavy atom. The second kappa shape index (κ2) is 8.55. The molecule has 0 unspecified atom stereocenters. The van der Waals surface area contributed by atoms with Crippen LogP contribution >= 0.6 is 0 Å². The quantitative estimate of drug-likeness (QED) is 0.708. The summed E-state index contributed by atoms with van der Waals surface area (Å²) in [7, 11) is -3.89. The maximum Gasteiger partial charge on any atom is 0.416 e. The van der Waals surface area contributed by atoms with Crippen LogP contribution in [0.15, 0.2) is 18.2 Å². The lowest BCUT2D eigenvalue weighted by Gasteiger charge is -2.26. The summed E-state index contributed by atoms with van der Waals surface area (Å²) < 4.78 is 78.5. The number of hydrogen-bond acceptors (Lipinski definition) is 3. The number of halogens is 4. The van der Waals surface area contributed by atoms with Crippen molar-refractivity contribution in [3.8, 4) is 0 Å². The van der Waals surface area contributed by atoms with Gasteiger partial charge >= 0.3 is 6.18 Å². The molecule has 2 N–H and O–H groups in total. The molecule has 152 valence electrons. The highest BCUT2D eigenvalue weighted by atomic mass is 32.2. The third kappa shape index (κ3) is 6.76. The van der Waals surface area contributed by atoms with E-state index in [1.165, 1.54) is 0 Å². The molecule has 0 bridgehead atoms. The van der Waals surface area contributed by atoms with E-state index in [1.54, 1.807) is 0 Å². The smallest absolute Gasteiger partial charge is 0.351 e. The lowest BCUT2D eigenvalue weighted by Crippen LogP contribution is -2.42. The Balaban J connectivity index is 1.92. The van der Waals surface area contributed by atoms with Gasteiger partial charge in [-0.3, -0.25) is 4.79 Å². The molecule has 1 amide bonds. The van der Waals surface area contributed by atoms with Gasteiger partial charge in [-0.25, -0.2) is 17.5 Å². The summed E-state index contributed by atoms with van der Waals surface area (Å²) in [5, 5.41) is 2.15. The van der Waals surface area contributed by atoms with Gasteiger partial charge in [-0.1, -0.05) is 13.0 Å². The Labute approximate surface area is 155 Å². The van der Waals surface area contributed by atoms with E-state index in [2.05, 4.69) is 17.0 Å². The zero-order valence-electron chi connectivity index (χ0n) is 14.8. The first-order valence-electron chi connectivity index (χ1n) is 8.58. The van der Waals surface area contributed by atoms with Crippen LogP contribution in [-0.2, 0) is 27.5 Å². The molecule has 1 fully saturated rings. The van der Waals surface area contributed by atoms with Gasteiger partial charge in [-0.2, -0.15) is 13.2 Å². The van der Waals surface area contributed by atoms with Crippen LogP contribution in [0.3, 0.4) is 0 Å². The van der Waals surface area contributed by atoms with Crippen LogP contribution in [0.1, 0.15) is 43.7 Å². The Bertz CT molecular complexity index is 773. The van der Waals surface area contributed by atoms with Crippen LogP contribution in [0.2, 0.25) is 0 Å². The topological polar surface area (TPSA) is 75.3 Å². The number of amides is 1. The Morgan fingerprint density at radius 2 is 1.81 bits per heavy atom. The fourth-order valence-electron chi connectivity index (χ4n) is 3.06. The monoisotopic (exact) mass is 410 g/mol. The lowest BCUT2D eigenvalue weighted by atomic mass is 9.88. The van der Waals surface area contributed by atoms with Gasteiger partial charge in [0.05, 0.1) is 5.56 Å². The lowest BCUT2D eigenvalue weighted by molar-refractivity contribution is -0.138. The molecule has 2 rings (SSSR count). The molecule has 0 atom stereocenters. The number of sulfonamides is 1. The van der Waals surface area contributed by atoms with Crippen LogP contribution in [0.5, 0.6) is 0 Å². The molecule has 5 nitrogen and oxygen atoms in total. The van der Waals surface area contributed by atoms with Gasteiger partial charge < -0.3 is 5.32 Å². The third-order valence-corrected chi connectivity index (χ3v) is 5.87. The second-order valence-electron chi connectivity index (χ2n) is 6.91. The molecule has 1 aromatic carbocycles. The van der Waals surface area contributed by atoms with E-state index < -0.39 is 45.8 Å². The van der Waals surface area contributed by atoms with E-state index in [4.69, 9.17) is 0 Å². The highest BCUT2D eigenvalue weighted by Gasteiger charge is 2.34. The minimum Gasteiger partial charge on any atom is -0.351 e. The summed E-state index contributed by atoms with van der Waals surface area (Å²) in [5.41, 5.74) is -1.55. The van der Waals surface area contributed by atoms with Gasteiger partial charge in [0.2, 0.25) is 15.9 Å². The largest absolute Gasteiger partial charge is 0.416 e. The van der Waals surface area contributed by atoms with Crippen molar-refractivity contribution >= 4 is 15.9 Å². The Morgan fingerprint density at radius 3 is 2.41 bits per heavy atom. The minimum absolute atomic E-state index is 0.229. The van der Waals surface area contributed by atoms with Gasteiger partial charge in [0.1, 0.15) is 11.6 Å². The molecule has 27 heavy (non-hydrogen) atoms. The minimum atomic E-state index is -4.78. The van der Waals surface area contributed by atoms with Crippen LogP contribution in [0, 0.1) is 11.7 Å².